The largest absolute Gasteiger partial charge is 0.472 e. The fraction of sp³-hybridized carbons (Fsp3) is 0.896. The Labute approximate surface area is 358 Å². The van der Waals surface area contributed by atoms with E-state index in [1.54, 1.807) is 0 Å². The molecule has 9 nitrogen and oxygen atoms in total. The van der Waals surface area contributed by atoms with E-state index in [1.165, 1.54) is 141 Å². The van der Waals surface area contributed by atoms with Crippen LogP contribution in [0, 0.1) is 0 Å². The van der Waals surface area contributed by atoms with Crippen molar-refractivity contribution < 1.29 is 33.5 Å². The summed E-state index contributed by atoms with van der Waals surface area (Å²) in [6.07, 6.45) is 47.9. The van der Waals surface area contributed by atoms with E-state index < -0.39 is 32.0 Å². The first-order chi connectivity index (χ1) is 28.3. The van der Waals surface area contributed by atoms with Crippen LogP contribution in [0.4, 0.5) is 0 Å². The fourth-order valence-electron chi connectivity index (χ4n) is 7.39. The molecular weight excluding hydrogens is 748 g/mol. The van der Waals surface area contributed by atoms with Gasteiger partial charge in [0.2, 0.25) is 5.91 Å². The first kappa shape index (κ1) is 56.9. The Hall–Kier alpha value is -1.06. The van der Waals surface area contributed by atoms with Gasteiger partial charge in [0.15, 0.2) is 0 Å². The second kappa shape index (κ2) is 44.0. The van der Waals surface area contributed by atoms with Gasteiger partial charge >= 0.3 is 7.82 Å². The maximum atomic E-state index is 12.9. The van der Waals surface area contributed by atoms with Gasteiger partial charge in [-0.15, -0.1) is 0 Å². The molecule has 0 spiro atoms. The number of carbonyl (C=O) groups is 1. The number of amides is 1. The summed E-state index contributed by atoms with van der Waals surface area (Å²) in [4.78, 5) is 22.9. The van der Waals surface area contributed by atoms with Crippen molar-refractivity contribution in [2.45, 2.75) is 257 Å². The topological polar surface area (TPSA) is 151 Å². The van der Waals surface area contributed by atoms with Gasteiger partial charge < -0.3 is 26.2 Å². The van der Waals surface area contributed by atoms with Crippen LogP contribution in [0.3, 0.4) is 0 Å². The third kappa shape index (κ3) is 41.7. The summed E-state index contributed by atoms with van der Waals surface area (Å²) in [5.74, 6) is -0.419. The van der Waals surface area contributed by atoms with Crippen LogP contribution in [0.25, 0.3) is 0 Å². The van der Waals surface area contributed by atoms with Crippen LogP contribution in [-0.2, 0) is 18.4 Å². The van der Waals surface area contributed by atoms with Crippen molar-refractivity contribution in [1.82, 2.24) is 5.32 Å². The molecule has 4 atom stereocenters. The minimum absolute atomic E-state index is 0.0583. The molecule has 4 unspecified atom stereocenters. The summed E-state index contributed by atoms with van der Waals surface area (Å²) >= 11 is 0. The van der Waals surface area contributed by atoms with Crippen LogP contribution in [0.1, 0.15) is 239 Å². The predicted molar refractivity (Wildman–Crippen MR) is 246 cm³/mol. The lowest BCUT2D eigenvalue weighted by Gasteiger charge is -2.25. The minimum Gasteiger partial charge on any atom is -0.393 e. The van der Waals surface area contributed by atoms with Gasteiger partial charge in [0, 0.05) is 6.54 Å². The van der Waals surface area contributed by atoms with Crippen molar-refractivity contribution in [1.29, 1.82) is 0 Å². The van der Waals surface area contributed by atoms with Crippen molar-refractivity contribution in [2.24, 2.45) is 5.73 Å². The maximum absolute atomic E-state index is 12.9. The Morgan fingerprint density at radius 3 is 1.45 bits per heavy atom. The summed E-state index contributed by atoms with van der Waals surface area (Å²) in [7, 11) is -4.38. The lowest BCUT2D eigenvalue weighted by atomic mass is 10.0. The van der Waals surface area contributed by atoms with E-state index in [9.17, 15) is 24.5 Å². The average Bonchev–Trinajstić information content (AvgIpc) is 3.20. The molecule has 0 aromatic carbocycles. The molecule has 6 N–H and O–H groups in total. The molecule has 344 valence electrons. The fourth-order valence-corrected chi connectivity index (χ4v) is 8.15. The lowest BCUT2D eigenvalue weighted by molar-refractivity contribution is -0.125. The summed E-state index contributed by atoms with van der Waals surface area (Å²) in [6.45, 7) is 4.04. The number of carbonyl (C=O) groups excluding carboxylic acids is 1. The van der Waals surface area contributed by atoms with Gasteiger partial charge in [-0.3, -0.25) is 13.8 Å². The first-order valence-electron chi connectivity index (χ1n) is 24.5. The van der Waals surface area contributed by atoms with E-state index >= 15 is 0 Å². The number of nitrogens with one attached hydrogen (secondary N) is 1. The number of hydrogen-bond donors (Lipinski definition) is 5. The van der Waals surface area contributed by atoms with E-state index in [0.29, 0.717) is 12.8 Å². The molecule has 0 aliphatic heterocycles. The van der Waals surface area contributed by atoms with E-state index in [2.05, 4.69) is 43.5 Å². The summed E-state index contributed by atoms with van der Waals surface area (Å²) in [5.41, 5.74) is 5.38. The van der Waals surface area contributed by atoms with Crippen molar-refractivity contribution in [3.05, 3.63) is 24.3 Å². The number of hydrogen-bond acceptors (Lipinski definition) is 7. The van der Waals surface area contributed by atoms with Gasteiger partial charge in [-0.25, -0.2) is 4.57 Å². The zero-order chi connectivity index (χ0) is 42.6. The molecule has 10 heteroatoms. The Balaban J connectivity index is 4.18. The molecule has 1 amide bonds. The molecule has 0 aliphatic carbocycles. The highest BCUT2D eigenvalue weighted by molar-refractivity contribution is 7.47. The number of aliphatic hydroxyl groups is 2. The highest BCUT2D eigenvalue weighted by atomic mass is 31.2. The maximum Gasteiger partial charge on any atom is 0.472 e. The molecule has 0 heterocycles. The number of allylic oxidation sites excluding steroid dienone is 4. The van der Waals surface area contributed by atoms with Gasteiger partial charge in [0.25, 0.3) is 0 Å². The minimum atomic E-state index is -4.38. The third-order valence-electron chi connectivity index (χ3n) is 11.1. The number of phosphoric acid groups is 1. The molecule has 0 aromatic rings. The zero-order valence-electron chi connectivity index (χ0n) is 37.9. The van der Waals surface area contributed by atoms with Gasteiger partial charge in [-0.05, 0) is 44.9 Å². The second-order valence-electron chi connectivity index (χ2n) is 16.9. The third-order valence-corrected chi connectivity index (χ3v) is 12.1. The van der Waals surface area contributed by atoms with E-state index in [-0.39, 0.29) is 26.2 Å². The molecule has 0 aliphatic rings. The van der Waals surface area contributed by atoms with Crippen LogP contribution >= 0.6 is 7.82 Å². The van der Waals surface area contributed by atoms with Gasteiger partial charge in [-0.1, -0.05) is 212 Å². The zero-order valence-corrected chi connectivity index (χ0v) is 38.8. The van der Waals surface area contributed by atoms with Crippen molar-refractivity contribution in [3.63, 3.8) is 0 Å². The summed E-state index contributed by atoms with van der Waals surface area (Å²) in [5, 5.41) is 24.3. The van der Waals surface area contributed by atoms with Crippen LogP contribution in [0.2, 0.25) is 0 Å². The van der Waals surface area contributed by atoms with Crippen LogP contribution in [0.5, 0.6) is 0 Å². The lowest BCUT2D eigenvalue weighted by Crippen LogP contribution is -2.47. The Morgan fingerprint density at radius 2 is 0.983 bits per heavy atom. The van der Waals surface area contributed by atoms with Gasteiger partial charge in [0.05, 0.1) is 37.9 Å². The summed E-state index contributed by atoms with van der Waals surface area (Å²) < 4.78 is 22.2. The average molecular weight is 843 g/mol. The van der Waals surface area contributed by atoms with Crippen LogP contribution in [0.15, 0.2) is 24.3 Å². The number of rotatable bonds is 46. The van der Waals surface area contributed by atoms with E-state index in [0.717, 1.165) is 64.2 Å². The van der Waals surface area contributed by atoms with Crippen LogP contribution in [-0.4, -0.2) is 59.0 Å². The van der Waals surface area contributed by atoms with E-state index in [4.69, 9.17) is 14.8 Å². The standard InChI is InChI=1S/C48H95N2O7P/c1-3-5-7-9-11-13-15-17-19-20-21-22-23-24-26-28-30-32-34-36-38-40-47(52)46(44-57-58(54,55)56-42-41-49)50-48(53)43-45(51)39-37-35-33-31-29-27-25-18-16-14-12-10-8-6-4-2/h12,14,18,25,45-47,51-52H,3-11,13,15-17,19-24,26-44,49H2,1-2H3,(H,50,53)(H,54,55)/b14-12-,25-18-. The summed E-state index contributed by atoms with van der Waals surface area (Å²) in [6, 6.07) is -0.900. The molecule has 0 bridgehead atoms. The molecule has 0 radical (unpaired) electrons. The quantitative estimate of drug-likeness (QED) is 0.0231. The normalized spacial score (nSPS) is 14.7. The number of unbranched alkanes of at least 4 members (excludes halogenated alkanes) is 28. The van der Waals surface area contributed by atoms with Gasteiger partial charge in [-0.2, -0.15) is 0 Å². The predicted octanol–water partition coefficient (Wildman–Crippen LogP) is 13.1. The molecular formula is C48H95N2O7P. The number of phosphoric ester groups is 1. The Morgan fingerprint density at radius 1 is 0.586 bits per heavy atom. The molecule has 58 heavy (non-hydrogen) atoms. The van der Waals surface area contributed by atoms with E-state index in [1.807, 2.05) is 0 Å². The monoisotopic (exact) mass is 843 g/mol. The van der Waals surface area contributed by atoms with Crippen molar-refractivity contribution in [3.8, 4) is 0 Å². The van der Waals surface area contributed by atoms with Gasteiger partial charge in [0.1, 0.15) is 0 Å². The highest BCUT2D eigenvalue weighted by Gasteiger charge is 2.28. The molecule has 0 saturated carbocycles. The Bertz CT molecular complexity index is 982. The van der Waals surface area contributed by atoms with Crippen molar-refractivity contribution in [2.75, 3.05) is 19.8 Å². The smallest absolute Gasteiger partial charge is 0.393 e. The second-order valence-corrected chi connectivity index (χ2v) is 18.3. The first-order valence-corrected chi connectivity index (χ1v) is 26.0. The highest BCUT2D eigenvalue weighted by Crippen LogP contribution is 2.43. The number of nitrogens with two attached hydrogens (primary N) is 1. The SMILES string of the molecule is CCCCC/C=C\C/C=C\CCCCCCCC(O)CC(=O)NC(COP(=O)(O)OCCN)C(O)CCCCCCCCCCCCCCCCCCCCCCC. The molecule has 0 rings (SSSR count). The molecule has 0 fully saturated rings. The Kier molecular flexibility index (Phi) is 43.2. The van der Waals surface area contributed by atoms with Crippen LogP contribution < -0.4 is 11.1 Å². The number of aliphatic hydroxyl groups excluding tert-OH is 2. The van der Waals surface area contributed by atoms with Crippen molar-refractivity contribution >= 4 is 13.7 Å². The molecule has 0 aromatic heterocycles. The molecule has 0 saturated heterocycles.